The van der Waals surface area contributed by atoms with Crippen LogP contribution in [0.4, 0.5) is 0 Å². The predicted molar refractivity (Wildman–Crippen MR) is 202 cm³/mol. The van der Waals surface area contributed by atoms with E-state index in [2.05, 4.69) is 15.6 Å². The van der Waals surface area contributed by atoms with Crippen molar-refractivity contribution in [3.8, 4) is 0 Å². The molecule has 0 bridgehead atoms. The number of hydrogen-bond donors (Lipinski definition) is 5. The van der Waals surface area contributed by atoms with E-state index < -0.39 is 56.1 Å². The standard InChI is InChI=1S/C39H43N4O9P/c1-51-38(49)30-18-16-26(22-33(30)53(28-12-6-4-7-13-28)29-14-8-5-9-15-29)36(47)41-21-11-3-2-10-20-40-34(46)19-17-27-24-43(39(50)42-37(27)48)35-23-31(45)32(25-44)52-35/h4-9,12-19,22,24,31-32,35,44-45H,2-3,10-11,20-21,23,25H2,1H3,(H,40,46)(H,41,47)(H,42,48,50)/b19-17+. The Morgan fingerprint density at radius 3 is 2.19 bits per heavy atom. The minimum Gasteiger partial charge on any atom is -0.465 e. The van der Waals surface area contributed by atoms with Gasteiger partial charge in [0.2, 0.25) is 5.91 Å². The van der Waals surface area contributed by atoms with Crippen molar-refractivity contribution >= 4 is 47.7 Å². The Hall–Kier alpha value is -5.20. The van der Waals surface area contributed by atoms with Crippen LogP contribution in [0.3, 0.4) is 0 Å². The Morgan fingerprint density at radius 2 is 1.58 bits per heavy atom. The van der Waals surface area contributed by atoms with Gasteiger partial charge in [0.05, 0.1) is 30.9 Å². The van der Waals surface area contributed by atoms with Crippen molar-refractivity contribution in [2.45, 2.75) is 50.5 Å². The summed E-state index contributed by atoms with van der Waals surface area (Å²) >= 11 is 0. The first-order valence-corrected chi connectivity index (χ1v) is 18.7. The Morgan fingerprint density at radius 1 is 0.943 bits per heavy atom. The quantitative estimate of drug-likeness (QED) is 0.0494. The molecule has 14 heteroatoms. The largest absolute Gasteiger partial charge is 0.465 e. The van der Waals surface area contributed by atoms with Gasteiger partial charge in [-0.05, 0) is 55.6 Å². The minimum absolute atomic E-state index is 0.0520. The normalized spacial score (nSPS) is 16.9. The molecule has 278 valence electrons. The van der Waals surface area contributed by atoms with Crippen molar-refractivity contribution in [1.82, 2.24) is 20.2 Å². The number of nitrogens with one attached hydrogen (secondary N) is 3. The van der Waals surface area contributed by atoms with Gasteiger partial charge in [-0.2, -0.15) is 0 Å². The molecule has 2 amide bonds. The summed E-state index contributed by atoms with van der Waals surface area (Å²) < 4.78 is 11.7. The monoisotopic (exact) mass is 742 g/mol. The van der Waals surface area contributed by atoms with Crippen LogP contribution in [0.1, 0.15) is 64.6 Å². The molecule has 0 spiro atoms. The molecule has 5 rings (SSSR count). The molecule has 0 aliphatic carbocycles. The lowest BCUT2D eigenvalue weighted by atomic mass is 10.1. The average Bonchev–Trinajstić information content (AvgIpc) is 3.55. The third-order valence-electron chi connectivity index (χ3n) is 8.73. The number of aromatic nitrogens is 2. The average molecular weight is 743 g/mol. The number of benzene rings is 3. The molecule has 1 saturated heterocycles. The van der Waals surface area contributed by atoms with Gasteiger partial charge < -0.3 is 30.3 Å². The lowest BCUT2D eigenvalue weighted by molar-refractivity contribution is -0.116. The van der Waals surface area contributed by atoms with Gasteiger partial charge >= 0.3 is 11.7 Å². The molecule has 3 unspecified atom stereocenters. The molecule has 1 aliphatic heterocycles. The summed E-state index contributed by atoms with van der Waals surface area (Å²) in [6.07, 6.45) is 4.19. The Labute approximate surface area is 307 Å². The number of methoxy groups -OCH3 is 1. The van der Waals surface area contributed by atoms with Crippen molar-refractivity contribution in [1.29, 1.82) is 0 Å². The molecule has 1 aliphatic rings. The number of rotatable bonds is 16. The van der Waals surface area contributed by atoms with E-state index in [4.69, 9.17) is 9.47 Å². The number of hydrogen-bond acceptors (Lipinski definition) is 9. The maximum Gasteiger partial charge on any atom is 0.338 e. The van der Waals surface area contributed by atoms with Gasteiger partial charge in [-0.3, -0.25) is 23.9 Å². The molecule has 5 N–H and O–H groups in total. The zero-order valence-corrected chi connectivity index (χ0v) is 30.2. The highest BCUT2D eigenvalue weighted by atomic mass is 31.1. The molecule has 1 fully saturated rings. The van der Waals surface area contributed by atoms with E-state index >= 15 is 0 Å². The van der Waals surface area contributed by atoms with Gasteiger partial charge in [-0.1, -0.05) is 73.5 Å². The second-order valence-electron chi connectivity index (χ2n) is 12.4. The van der Waals surface area contributed by atoms with E-state index in [0.29, 0.717) is 30.6 Å². The molecule has 0 radical (unpaired) electrons. The number of unbranched alkanes of at least 4 members (excludes halogenated alkanes) is 3. The molecular weight excluding hydrogens is 699 g/mol. The first-order valence-electron chi connectivity index (χ1n) is 17.4. The van der Waals surface area contributed by atoms with Gasteiger partial charge in [0.25, 0.3) is 11.5 Å². The lowest BCUT2D eigenvalue weighted by Gasteiger charge is -2.22. The number of carbonyl (C=O) groups is 3. The van der Waals surface area contributed by atoms with Crippen molar-refractivity contribution in [2.75, 3.05) is 26.8 Å². The summed E-state index contributed by atoms with van der Waals surface area (Å²) in [4.78, 5) is 65.2. The Bertz CT molecular complexity index is 1980. The summed E-state index contributed by atoms with van der Waals surface area (Å²) in [5, 5.41) is 27.9. The summed E-state index contributed by atoms with van der Waals surface area (Å²) in [5.41, 5.74) is -0.492. The zero-order valence-electron chi connectivity index (χ0n) is 29.3. The number of ether oxygens (including phenoxy) is 2. The fraction of sp³-hybridized carbons (Fsp3) is 0.308. The van der Waals surface area contributed by atoms with Crippen LogP contribution < -0.4 is 37.8 Å². The third-order valence-corrected chi connectivity index (χ3v) is 11.2. The van der Waals surface area contributed by atoms with E-state index in [9.17, 15) is 34.2 Å². The van der Waals surface area contributed by atoms with E-state index in [0.717, 1.165) is 39.7 Å². The highest BCUT2D eigenvalue weighted by Crippen LogP contribution is 2.35. The van der Waals surface area contributed by atoms with Crippen LogP contribution in [0.15, 0.2) is 101 Å². The van der Waals surface area contributed by atoms with Crippen molar-refractivity contribution in [3.63, 3.8) is 0 Å². The maximum atomic E-state index is 13.2. The fourth-order valence-corrected chi connectivity index (χ4v) is 8.42. The third kappa shape index (κ3) is 10.2. The van der Waals surface area contributed by atoms with Gasteiger partial charge in [0, 0.05) is 42.7 Å². The predicted octanol–water partition coefficient (Wildman–Crippen LogP) is 1.84. The van der Waals surface area contributed by atoms with Crippen molar-refractivity contribution in [2.24, 2.45) is 0 Å². The molecule has 0 saturated carbocycles. The summed E-state index contributed by atoms with van der Waals surface area (Å²) in [6.45, 7) is 0.446. The molecule has 2 heterocycles. The molecule has 53 heavy (non-hydrogen) atoms. The SMILES string of the molecule is COC(=O)c1ccc(C(=O)NCCCCCCNC(=O)/C=C/c2cn(C3CC(O)C(CO)O3)c(=O)[nH]c2=O)cc1P(c1ccccc1)c1ccccc1. The van der Waals surface area contributed by atoms with E-state index in [1.54, 1.807) is 18.2 Å². The molecule has 1 aromatic heterocycles. The first-order chi connectivity index (χ1) is 25.7. The molecular formula is C39H43N4O9P. The first kappa shape index (κ1) is 39.0. The van der Waals surface area contributed by atoms with Gasteiger partial charge in [0.15, 0.2) is 0 Å². The zero-order chi connectivity index (χ0) is 37.7. The van der Waals surface area contributed by atoms with Crippen LogP contribution >= 0.6 is 7.92 Å². The highest BCUT2D eigenvalue weighted by molar-refractivity contribution is 7.80. The molecule has 3 aromatic carbocycles. The molecule has 13 nitrogen and oxygen atoms in total. The van der Waals surface area contributed by atoms with Gasteiger partial charge in [-0.25, -0.2) is 9.59 Å². The number of aliphatic hydroxyl groups excluding tert-OH is 2. The van der Waals surface area contributed by atoms with E-state index in [1.165, 1.54) is 25.5 Å². The number of esters is 1. The maximum absolute atomic E-state index is 13.2. The Balaban J connectivity index is 1.09. The van der Waals surface area contributed by atoms with Crippen LogP contribution in [-0.4, -0.2) is 76.6 Å². The highest BCUT2D eigenvalue weighted by Gasteiger charge is 2.35. The number of H-pyrrole nitrogens is 1. The van der Waals surface area contributed by atoms with Crippen molar-refractivity contribution in [3.05, 3.63) is 129 Å². The number of carbonyl (C=O) groups excluding carboxylic acids is 3. The number of aromatic amines is 1. The van der Waals surface area contributed by atoms with Gasteiger partial charge in [-0.15, -0.1) is 0 Å². The fourth-order valence-electron chi connectivity index (χ4n) is 5.95. The second kappa shape index (κ2) is 19.0. The Kier molecular flexibility index (Phi) is 14.0. The van der Waals surface area contributed by atoms with Gasteiger partial charge in [0.1, 0.15) is 12.3 Å². The number of nitrogens with zero attached hydrogens (tertiary/aromatic N) is 1. The summed E-state index contributed by atoms with van der Waals surface area (Å²) in [6, 6.07) is 24.9. The molecule has 3 atom stereocenters. The number of aliphatic hydroxyl groups is 2. The summed E-state index contributed by atoms with van der Waals surface area (Å²) in [5.74, 6) is -1.12. The van der Waals surface area contributed by atoms with E-state index in [1.807, 2.05) is 60.7 Å². The van der Waals surface area contributed by atoms with Crippen LogP contribution in [0.25, 0.3) is 6.08 Å². The topological polar surface area (TPSA) is 189 Å². The number of amides is 2. The smallest absolute Gasteiger partial charge is 0.338 e. The molecule has 4 aromatic rings. The minimum atomic E-state index is -1.16. The van der Waals surface area contributed by atoms with Crippen LogP contribution in [0, 0.1) is 0 Å². The van der Waals surface area contributed by atoms with Crippen LogP contribution in [0.5, 0.6) is 0 Å². The van der Waals surface area contributed by atoms with Crippen LogP contribution in [0.2, 0.25) is 0 Å². The van der Waals surface area contributed by atoms with E-state index in [-0.39, 0.29) is 17.9 Å². The lowest BCUT2D eigenvalue weighted by Crippen LogP contribution is -2.33. The van der Waals surface area contributed by atoms with Crippen LogP contribution in [-0.2, 0) is 14.3 Å². The summed E-state index contributed by atoms with van der Waals surface area (Å²) in [7, 11) is 0.183. The van der Waals surface area contributed by atoms with Crippen molar-refractivity contribution < 1.29 is 34.1 Å². The second-order valence-corrected chi connectivity index (χ2v) is 14.6.